The van der Waals surface area contributed by atoms with Crippen molar-refractivity contribution in [2.75, 3.05) is 6.61 Å². The van der Waals surface area contributed by atoms with E-state index >= 15 is 0 Å². The Kier molecular flexibility index (Phi) is 8.65. The number of aliphatic hydroxyl groups is 1. The first-order chi connectivity index (χ1) is 6.72. The standard InChI is InChI=1S/C13H24O/c1-4-5-9-13(12(2)3)10-7-6-8-11-14/h4,13-14H,1-2,5-11H2,3H3. The summed E-state index contributed by atoms with van der Waals surface area (Å²) in [6.45, 7) is 10.2. The molecule has 0 saturated heterocycles. The van der Waals surface area contributed by atoms with Crippen LogP contribution in [-0.2, 0) is 0 Å². The number of unbranched alkanes of at least 4 members (excludes halogenated alkanes) is 2. The van der Waals surface area contributed by atoms with E-state index in [-0.39, 0.29) is 0 Å². The third kappa shape index (κ3) is 6.90. The van der Waals surface area contributed by atoms with Crippen LogP contribution in [0.25, 0.3) is 0 Å². The first-order valence-electron chi connectivity index (χ1n) is 5.59. The first kappa shape index (κ1) is 13.4. The van der Waals surface area contributed by atoms with Crippen LogP contribution in [-0.4, -0.2) is 11.7 Å². The molecule has 0 heterocycles. The molecule has 14 heavy (non-hydrogen) atoms. The summed E-state index contributed by atoms with van der Waals surface area (Å²) in [5.74, 6) is 0.645. The molecule has 0 aliphatic heterocycles. The van der Waals surface area contributed by atoms with E-state index < -0.39 is 0 Å². The summed E-state index contributed by atoms with van der Waals surface area (Å²) < 4.78 is 0. The Morgan fingerprint density at radius 1 is 1.29 bits per heavy atom. The van der Waals surface area contributed by atoms with Crippen LogP contribution >= 0.6 is 0 Å². The maximum atomic E-state index is 8.65. The van der Waals surface area contributed by atoms with Crippen molar-refractivity contribution in [3.8, 4) is 0 Å². The van der Waals surface area contributed by atoms with Gasteiger partial charge >= 0.3 is 0 Å². The minimum absolute atomic E-state index is 0.324. The van der Waals surface area contributed by atoms with Gasteiger partial charge in [-0.25, -0.2) is 0 Å². The molecule has 0 aromatic rings. The van der Waals surface area contributed by atoms with E-state index in [1.54, 1.807) is 0 Å². The number of aliphatic hydroxyl groups excluding tert-OH is 1. The van der Waals surface area contributed by atoms with Gasteiger partial charge in [-0.05, 0) is 38.5 Å². The average Bonchev–Trinajstić information content (AvgIpc) is 2.16. The normalized spacial score (nSPS) is 12.4. The molecule has 0 amide bonds. The molecule has 0 aliphatic rings. The summed E-state index contributed by atoms with van der Waals surface area (Å²) in [7, 11) is 0. The van der Waals surface area contributed by atoms with Crippen LogP contribution in [0, 0.1) is 5.92 Å². The molecule has 1 unspecified atom stereocenters. The zero-order valence-electron chi connectivity index (χ0n) is 9.47. The minimum atomic E-state index is 0.324. The first-order valence-corrected chi connectivity index (χ1v) is 5.59. The lowest BCUT2D eigenvalue weighted by atomic mass is 9.91. The number of allylic oxidation sites excluding steroid dienone is 2. The van der Waals surface area contributed by atoms with Gasteiger partial charge in [-0.2, -0.15) is 0 Å². The van der Waals surface area contributed by atoms with Crippen LogP contribution in [0.2, 0.25) is 0 Å². The summed E-state index contributed by atoms with van der Waals surface area (Å²) in [5.41, 5.74) is 1.29. The fourth-order valence-corrected chi connectivity index (χ4v) is 1.64. The summed E-state index contributed by atoms with van der Waals surface area (Å²) in [5, 5.41) is 8.65. The second-order valence-electron chi connectivity index (χ2n) is 3.98. The molecule has 1 atom stereocenters. The quantitative estimate of drug-likeness (QED) is 0.440. The Bertz CT molecular complexity index is 161. The van der Waals surface area contributed by atoms with Crippen molar-refractivity contribution in [1.82, 2.24) is 0 Å². The van der Waals surface area contributed by atoms with Crippen LogP contribution in [0.1, 0.15) is 45.4 Å². The predicted octanol–water partition coefficient (Wildman–Crippen LogP) is 3.70. The molecule has 0 rings (SSSR count). The predicted molar refractivity (Wildman–Crippen MR) is 63.3 cm³/mol. The summed E-state index contributed by atoms with van der Waals surface area (Å²) in [6.07, 6.45) is 8.72. The van der Waals surface area contributed by atoms with Crippen molar-refractivity contribution in [3.63, 3.8) is 0 Å². The van der Waals surface area contributed by atoms with E-state index in [1.165, 1.54) is 24.8 Å². The zero-order valence-corrected chi connectivity index (χ0v) is 9.47. The van der Waals surface area contributed by atoms with Gasteiger partial charge in [0.2, 0.25) is 0 Å². The fourth-order valence-electron chi connectivity index (χ4n) is 1.64. The van der Waals surface area contributed by atoms with Crippen LogP contribution < -0.4 is 0 Å². The molecule has 1 N–H and O–H groups in total. The highest BCUT2D eigenvalue weighted by Gasteiger charge is 2.07. The van der Waals surface area contributed by atoms with Gasteiger partial charge in [0.15, 0.2) is 0 Å². The Labute approximate surface area is 88.5 Å². The Balaban J connectivity index is 3.62. The molecule has 0 aliphatic carbocycles. The van der Waals surface area contributed by atoms with Crippen LogP contribution in [0.3, 0.4) is 0 Å². The highest BCUT2D eigenvalue weighted by atomic mass is 16.2. The zero-order chi connectivity index (χ0) is 10.8. The van der Waals surface area contributed by atoms with Crippen molar-refractivity contribution in [1.29, 1.82) is 0 Å². The third-order valence-electron chi connectivity index (χ3n) is 2.63. The second kappa shape index (κ2) is 9.01. The largest absolute Gasteiger partial charge is 0.396 e. The van der Waals surface area contributed by atoms with E-state index in [9.17, 15) is 0 Å². The van der Waals surface area contributed by atoms with Gasteiger partial charge < -0.3 is 5.11 Å². The Morgan fingerprint density at radius 2 is 2.00 bits per heavy atom. The molecule has 0 radical (unpaired) electrons. The van der Waals surface area contributed by atoms with Gasteiger partial charge in [0.05, 0.1) is 0 Å². The van der Waals surface area contributed by atoms with Crippen molar-refractivity contribution in [2.24, 2.45) is 5.92 Å². The highest BCUT2D eigenvalue weighted by molar-refractivity contribution is 4.96. The van der Waals surface area contributed by atoms with Gasteiger partial charge in [-0.15, -0.1) is 6.58 Å². The van der Waals surface area contributed by atoms with E-state index in [2.05, 4.69) is 20.1 Å². The smallest absolute Gasteiger partial charge is 0.0431 e. The van der Waals surface area contributed by atoms with E-state index in [1.807, 2.05) is 6.08 Å². The van der Waals surface area contributed by atoms with Gasteiger partial charge in [-0.1, -0.05) is 31.1 Å². The maximum absolute atomic E-state index is 8.65. The third-order valence-corrected chi connectivity index (χ3v) is 2.63. The summed E-state index contributed by atoms with van der Waals surface area (Å²) >= 11 is 0. The SMILES string of the molecule is C=CCCC(CCCCCO)C(=C)C. The van der Waals surface area contributed by atoms with Gasteiger partial charge in [0.1, 0.15) is 0 Å². The molecule has 82 valence electrons. The lowest BCUT2D eigenvalue weighted by Gasteiger charge is -2.15. The Hall–Kier alpha value is -0.560. The lowest BCUT2D eigenvalue weighted by Crippen LogP contribution is -2.01. The van der Waals surface area contributed by atoms with Gasteiger partial charge in [0.25, 0.3) is 0 Å². The highest BCUT2D eigenvalue weighted by Crippen LogP contribution is 2.22. The topological polar surface area (TPSA) is 20.2 Å². The molecular weight excluding hydrogens is 172 g/mol. The number of hydrogen-bond donors (Lipinski definition) is 1. The molecule has 0 saturated carbocycles. The fraction of sp³-hybridized carbons (Fsp3) is 0.692. The molecular formula is C13H24O. The second-order valence-corrected chi connectivity index (χ2v) is 3.98. The van der Waals surface area contributed by atoms with Gasteiger partial charge in [-0.3, -0.25) is 0 Å². The molecule has 1 heteroatoms. The minimum Gasteiger partial charge on any atom is -0.396 e. The van der Waals surface area contributed by atoms with E-state index in [0.717, 1.165) is 19.3 Å². The van der Waals surface area contributed by atoms with Crippen molar-refractivity contribution >= 4 is 0 Å². The monoisotopic (exact) mass is 196 g/mol. The van der Waals surface area contributed by atoms with Crippen molar-refractivity contribution in [2.45, 2.75) is 45.4 Å². The molecule has 0 spiro atoms. The molecule has 0 aromatic carbocycles. The van der Waals surface area contributed by atoms with E-state index in [4.69, 9.17) is 5.11 Å². The molecule has 1 nitrogen and oxygen atoms in total. The number of hydrogen-bond acceptors (Lipinski definition) is 1. The van der Waals surface area contributed by atoms with Crippen molar-refractivity contribution < 1.29 is 5.11 Å². The number of rotatable bonds is 9. The molecule has 0 bridgehead atoms. The molecule has 0 fully saturated rings. The van der Waals surface area contributed by atoms with Gasteiger partial charge in [0, 0.05) is 6.61 Å². The Morgan fingerprint density at radius 3 is 2.50 bits per heavy atom. The molecule has 0 aromatic heterocycles. The van der Waals surface area contributed by atoms with Crippen LogP contribution in [0.4, 0.5) is 0 Å². The summed E-state index contributed by atoms with van der Waals surface area (Å²) in [6, 6.07) is 0. The van der Waals surface area contributed by atoms with E-state index in [0.29, 0.717) is 12.5 Å². The van der Waals surface area contributed by atoms with Crippen LogP contribution in [0.5, 0.6) is 0 Å². The summed E-state index contributed by atoms with van der Waals surface area (Å²) in [4.78, 5) is 0. The maximum Gasteiger partial charge on any atom is 0.0431 e. The van der Waals surface area contributed by atoms with Crippen molar-refractivity contribution in [3.05, 3.63) is 24.8 Å². The van der Waals surface area contributed by atoms with Crippen LogP contribution in [0.15, 0.2) is 24.8 Å². The average molecular weight is 196 g/mol. The lowest BCUT2D eigenvalue weighted by molar-refractivity contribution is 0.281.